The lowest BCUT2D eigenvalue weighted by Gasteiger charge is -2.14. The van der Waals surface area contributed by atoms with Gasteiger partial charge in [0.1, 0.15) is 17.9 Å². The van der Waals surface area contributed by atoms with Gasteiger partial charge < -0.3 is 34.2 Å². The van der Waals surface area contributed by atoms with Crippen LogP contribution in [0.15, 0.2) is 42.5 Å². The largest absolute Gasteiger partial charge is 0.487 e. The standard InChI is InChI=1S/C28H37N2O6S/c29-10-3-11-30-24-4-1-2-5-27(24)37-28(30)9-7-23-6-8-25-26(22-23)36-21-19-34-17-15-32-13-12-31-14-16-33-18-20-35-25/h1-2,4-9,22H,3,10-21,29H2/q+1/b9-7+. The van der Waals surface area contributed by atoms with Crippen LogP contribution in [0.5, 0.6) is 11.5 Å². The number of thiazole rings is 1. The first-order valence-corrected chi connectivity index (χ1v) is 13.7. The molecule has 37 heavy (non-hydrogen) atoms. The van der Waals surface area contributed by atoms with Gasteiger partial charge in [0.15, 0.2) is 18.0 Å². The Labute approximate surface area is 222 Å². The molecular formula is C28H37N2O6S+. The van der Waals surface area contributed by atoms with Crippen molar-refractivity contribution in [1.82, 2.24) is 0 Å². The molecule has 2 heterocycles. The summed E-state index contributed by atoms with van der Waals surface area (Å²) in [6, 6.07) is 14.4. The summed E-state index contributed by atoms with van der Waals surface area (Å²) in [6.07, 6.45) is 5.20. The Kier molecular flexibility index (Phi) is 11.6. The van der Waals surface area contributed by atoms with Gasteiger partial charge in [0.05, 0.1) is 52.9 Å². The van der Waals surface area contributed by atoms with Gasteiger partial charge in [-0.25, -0.2) is 0 Å². The molecule has 0 atom stereocenters. The number of aryl methyl sites for hydroxylation is 1. The van der Waals surface area contributed by atoms with Crippen LogP contribution in [0.3, 0.4) is 0 Å². The van der Waals surface area contributed by atoms with Gasteiger partial charge in [-0.05, 0) is 36.4 Å². The molecule has 0 amide bonds. The van der Waals surface area contributed by atoms with Gasteiger partial charge in [0.25, 0.3) is 5.01 Å². The van der Waals surface area contributed by atoms with E-state index in [9.17, 15) is 0 Å². The number of aromatic nitrogens is 1. The fourth-order valence-electron chi connectivity index (χ4n) is 3.87. The third-order valence-corrected chi connectivity index (χ3v) is 6.83. The van der Waals surface area contributed by atoms with E-state index >= 15 is 0 Å². The van der Waals surface area contributed by atoms with Gasteiger partial charge >= 0.3 is 0 Å². The molecular weight excluding hydrogens is 492 g/mol. The predicted molar refractivity (Wildman–Crippen MR) is 145 cm³/mol. The minimum atomic E-state index is 0.415. The fourth-order valence-corrected chi connectivity index (χ4v) is 4.96. The highest BCUT2D eigenvalue weighted by Crippen LogP contribution is 2.30. The molecule has 0 radical (unpaired) electrons. The minimum Gasteiger partial charge on any atom is -0.487 e. The van der Waals surface area contributed by atoms with E-state index in [4.69, 9.17) is 34.2 Å². The number of nitrogens with zero attached hydrogens (tertiary/aromatic N) is 1. The van der Waals surface area contributed by atoms with Crippen molar-refractivity contribution >= 4 is 33.7 Å². The van der Waals surface area contributed by atoms with Gasteiger partial charge in [-0.2, -0.15) is 4.57 Å². The Balaban J connectivity index is 1.47. The third-order valence-electron chi connectivity index (χ3n) is 5.70. The topological polar surface area (TPSA) is 85.3 Å². The molecule has 0 spiro atoms. The van der Waals surface area contributed by atoms with Crippen LogP contribution in [-0.4, -0.2) is 72.6 Å². The molecule has 1 aromatic heterocycles. The lowest BCUT2D eigenvalue weighted by atomic mass is 10.2. The second kappa shape index (κ2) is 15.7. The number of ether oxygens (including phenoxy) is 6. The number of hydrogen-bond donors (Lipinski definition) is 1. The summed E-state index contributed by atoms with van der Waals surface area (Å²) >= 11 is 1.78. The molecule has 8 nitrogen and oxygen atoms in total. The highest BCUT2D eigenvalue weighted by atomic mass is 32.1. The number of nitrogens with two attached hydrogens (primary N) is 1. The number of hydrogen-bond acceptors (Lipinski definition) is 8. The Morgan fingerprint density at radius 3 is 2.03 bits per heavy atom. The Bertz CT molecular complexity index is 1120. The predicted octanol–water partition coefficient (Wildman–Crippen LogP) is 3.55. The number of fused-ring (bicyclic) bond motifs is 2. The zero-order chi connectivity index (χ0) is 25.5. The SMILES string of the molecule is NCCC[n+]1c(/C=C/c2ccc3c(c2)OCCOCCOCCOCCOCCO3)sc2ccccc21. The van der Waals surface area contributed by atoms with Crippen LogP contribution in [0.25, 0.3) is 22.4 Å². The van der Waals surface area contributed by atoms with Gasteiger partial charge in [-0.1, -0.05) is 29.5 Å². The van der Waals surface area contributed by atoms with Gasteiger partial charge in [0.2, 0.25) is 5.52 Å². The summed E-state index contributed by atoms with van der Waals surface area (Å²) in [5.41, 5.74) is 8.05. The molecule has 2 aromatic carbocycles. The van der Waals surface area contributed by atoms with Crippen molar-refractivity contribution in [3.63, 3.8) is 0 Å². The average molecular weight is 530 g/mol. The maximum absolute atomic E-state index is 6.05. The van der Waals surface area contributed by atoms with E-state index in [2.05, 4.69) is 41.0 Å². The summed E-state index contributed by atoms with van der Waals surface area (Å²) in [7, 11) is 0. The Morgan fingerprint density at radius 2 is 1.35 bits per heavy atom. The normalized spacial score (nSPS) is 17.0. The first-order valence-electron chi connectivity index (χ1n) is 12.9. The van der Waals surface area contributed by atoms with E-state index < -0.39 is 0 Å². The monoisotopic (exact) mass is 529 g/mol. The molecule has 4 rings (SSSR count). The number of rotatable bonds is 5. The van der Waals surface area contributed by atoms with Crippen LogP contribution in [0.1, 0.15) is 17.0 Å². The molecule has 1 aliphatic rings. The number of benzene rings is 2. The van der Waals surface area contributed by atoms with Crippen molar-refractivity contribution in [3.05, 3.63) is 53.0 Å². The zero-order valence-electron chi connectivity index (χ0n) is 21.3. The molecule has 3 aromatic rings. The van der Waals surface area contributed by atoms with E-state index in [1.165, 1.54) is 15.2 Å². The molecule has 9 heteroatoms. The molecule has 0 unspecified atom stereocenters. The maximum atomic E-state index is 6.05. The molecule has 1 aliphatic heterocycles. The van der Waals surface area contributed by atoms with E-state index in [1.807, 2.05) is 18.2 Å². The molecule has 0 aliphatic carbocycles. The number of para-hydroxylation sites is 1. The summed E-state index contributed by atoms with van der Waals surface area (Å²) in [4.78, 5) is 0. The Hall–Kier alpha value is -2.53. The Morgan fingerprint density at radius 1 is 0.730 bits per heavy atom. The third kappa shape index (κ3) is 8.77. The van der Waals surface area contributed by atoms with E-state index in [1.54, 1.807) is 11.3 Å². The minimum absolute atomic E-state index is 0.415. The zero-order valence-corrected chi connectivity index (χ0v) is 22.1. The van der Waals surface area contributed by atoms with Crippen LogP contribution < -0.4 is 19.8 Å². The first kappa shape index (κ1) is 27.5. The average Bonchev–Trinajstić information content (AvgIpc) is 3.28. The molecule has 0 fully saturated rings. The van der Waals surface area contributed by atoms with Crippen molar-refractivity contribution < 1.29 is 33.0 Å². The van der Waals surface area contributed by atoms with Crippen LogP contribution in [0.2, 0.25) is 0 Å². The molecule has 200 valence electrons. The van der Waals surface area contributed by atoms with Crippen LogP contribution in [0.4, 0.5) is 0 Å². The maximum Gasteiger partial charge on any atom is 0.262 e. The van der Waals surface area contributed by atoms with Crippen LogP contribution in [0, 0.1) is 0 Å². The second-order valence-electron chi connectivity index (χ2n) is 8.39. The van der Waals surface area contributed by atoms with Crippen molar-refractivity contribution in [2.75, 3.05) is 72.6 Å². The van der Waals surface area contributed by atoms with E-state index in [0.29, 0.717) is 84.1 Å². The van der Waals surface area contributed by atoms with E-state index in [-0.39, 0.29) is 0 Å². The van der Waals surface area contributed by atoms with Crippen molar-refractivity contribution in [1.29, 1.82) is 0 Å². The molecule has 2 N–H and O–H groups in total. The summed E-state index contributed by atoms with van der Waals surface area (Å²) < 4.78 is 37.8. The van der Waals surface area contributed by atoms with Crippen LogP contribution in [-0.2, 0) is 25.5 Å². The van der Waals surface area contributed by atoms with E-state index in [0.717, 1.165) is 18.5 Å². The summed E-state index contributed by atoms with van der Waals surface area (Å²) in [5.74, 6) is 1.36. The lowest BCUT2D eigenvalue weighted by molar-refractivity contribution is -0.668. The molecule has 0 saturated carbocycles. The van der Waals surface area contributed by atoms with Gasteiger partial charge in [-0.3, -0.25) is 0 Å². The lowest BCUT2D eigenvalue weighted by Crippen LogP contribution is -2.36. The highest BCUT2D eigenvalue weighted by Gasteiger charge is 2.17. The first-order chi connectivity index (χ1) is 18.3. The summed E-state index contributed by atoms with van der Waals surface area (Å²) in [5, 5.41) is 1.18. The fraction of sp³-hybridized carbons (Fsp3) is 0.464. The quantitative estimate of drug-likeness (QED) is 0.506. The molecule has 0 saturated heterocycles. The van der Waals surface area contributed by atoms with Crippen molar-refractivity contribution in [3.8, 4) is 11.5 Å². The highest BCUT2D eigenvalue weighted by molar-refractivity contribution is 7.18. The van der Waals surface area contributed by atoms with Crippen molar-refractivity contribution in [2.45, 2.75) is 13.0 Å². The smallest absolute Gasteiger partial charge is 0.262 e. The summed E-state index contributed by atoms with van der Waals surface area (Å²) in [6.45, 7) is 6.50. The van der Waals surface area contributed by atoms with Crippen LogP contribution >= 0.6 is 11.3 Å². The molecule has 0 bridgehead atoms. The van der Waals surface area contributed by atoms with Gasteiger partial charge in [0, 0.05) is 18.6 Å². The van der Waals surface area contributed by atoms with Crippen molar-refractivity contribution in [2.24, 2.45) is 5.73 Å². The van der Waals surface area contributed by atoms with Gasteiger partial charge in [-0.15, -0.1) is 0 Å². The second-order valence-corrected chi connectivity index (χ2v) is 9.45.